The molecule has 3 rings (SSSR count). The molecule has 6 nitrogen and oxygen atoms in total. The highest BCUT2D eigenvalue weighted by molar-refractivity contribution is 5.91. The first-order chi connectivity index (χ1) is 12.2. The standard InChI is InChI=1S/C19H24N2O4.ClH/c1-20-14-6-5-11-21(12-14)19(22)18-10-9-15(25-18)13-24-17-8-4-3-7-16(17)23-2;/h3-4,7-10,14,20H,5-6,11-13H2,1-2H3;1H. The number of furan rings is 1. The molecule has 1 amide bonds. The van der Waals surface area contributed by atoms with Crippen molar-refractivity contribution in [3.63, 3.8) is 0 Å². The summed E-state index contributed by atoms with van der Waals surface area (Å²) in [6.45, 7) is 1.72. The molecule has 1 fully saturated rings. The Balaban J connectivity index is 0.00000243. The molecule has 1 aromatic carbocycles. The highest BCUT2D eigenvalue weighted by Gasteiger charge is 2.25. The highest BCUT2D eigenvalue weighted by Crippen LogP contribution is 2.27. The zero-order chi connectivity index (χ0) is 17.6. The first-order valence-corrected chi connectivity index (χ1v) is 8.52. The van der Waals surface area contributed by atoms with Crippen LogP contribution in [0, 0.1) is 0 Å². The second-order valence-electron chi connectivity index (χ2n) is 6.08. The largest absolute Gasteiger partial charge is 0.493 e. The molecule has 0 radical (unpaired) electrons. The number of benzene rings is 1. The normalized spacial score (nSPS) is 16.7. The smallest absolute Gasteiger partial charge is 0.289 e. The van der Waals surface area contributed by atoms with E-state index in [1.54, 1.807) is 19.2 Å². The third-order valence-electron chi connectivity index (χ3n) is 4.43. The van der Waals surface area contributed by atoms with Crippen molar-refractivity contribution in [3.05, 3.63) is 47.9 Å². The van der Waals surface area contributed by atoms with Gasteiger partial charge in [-0.15, -0.1) is 12.4 Å². The number of hydrogen-bond acceptors (Lipinski definition) is 5. The van der Waals surface area contributed by atoms with Gasteiger partial charge in [0.05, 0.1) is 7.11 Å². The lowest BCUT2D eigenvalue weighted by Crippen LogP contribution is -2.46. The van der Waals surface area contributed by atoms with Gasteiger partial charge in [-0.1, -0.05) is 12.1 Å². The molecule has 2 aromatic rings. The van der Waals surface area contributed by atoms with E-state index < -0.39 is 0 Å². The number of para-hydroxylation sites is 2. The summed E-state index contributed by atoms with van der Waals surface area (Å²) in [5.41, 5.74) is 0. The number of methoxy groups -OCH3 is 1. The van der Waals surface area contributed by atoms with Crippen LogP contribution < -0.4 is 14.8 Å². The monoisotopic (exact) mass is 380 g/mol. The number of carbonyl (C=O) groups is 1. The van der Waals surface area contributed by atoms with E-state index >= 15 is 0 Å². The van der Waals surface area contributed by atoms with Crippen LogP contribution in [-0.4, -0.2) is 44.1 Å². The number of piperidine rings is 1. The Morgan fingerprint density at radius 3 is 2.77 bits per heavy atom. The van der Waals surface area contributed by atoms with E-state index in [2.05, 4.69) is 5.32 Å². The maximum Gasteiger partial charge on any atom is 0.289 e. The zero-order valence-electron chi connectivity index (χ0n) is 15.1. The molecule has 2 heterocycles. The van der Waals surface area contributed by atoms with Crippen molar-refractivity contribution in [1.82, 2.24) is 10.2 Å². The molecule has 26 heavy (non-hydrogen) atoms. The van der Waals surface area contributed by atoms with Gasteiger partial charge < -0.3 is 24.1 Å². The van der Waals surface area contributed by atoms with Gasteiger partial charge in [0.2, 0.25) is 0 Å². The minimum absolute atomic E-state index is 0. The Kier molecular flexibility index (Phi) is 7.36. The van der Waals surface area contributed by atoms with Crippen molar-refractivity contribution in [2.75, 3.05) is 27.2 Å². The second-order valence-corrected chi connectivity index (χ2v) is 6.08. The number of nitrogens with zero attached hydrogens (tertiary/aromatic N) is 1. The molecule has 1 unspecified atom stereocenters. The Morgan fingerprint density at radius 1 is 1.27 bits per heavy atom. The summed E-state index contributed by atoms with van der Waals surface area (Å²) < 4.78 is 16.7. The predicted octanol–water partition coefficient (Wildman–Crippen LogP) is 3.11. The number of likely N-dealkylation sites (tertiary alicyclic amines) is 1. The fraction of sp³-hybridized carbons (Fsp3) is 0.421. The van der Waals surface area contributed by atoms with Gasteiger partial charge in [-0.25, -0.2) is 0 Å². The number of likely N-dealkylation sites (N-methyl/N-ethyl adjacent to an activating group) is 1. The van der Waals surface area contributed by atoms with Crippen LogP contribution in [0.1, 0.15) is 29.2 Å². The number of halogens is 1. The van der Waals surface area contributed by atoms with Gasteiger partial charge in [0.15, 0.2) is 17.3 Å². The lowest BCUT2D eigenvalue weighted by Gasteiger charge is -2.31. The van der Waals surface area contributed by atoms with E-state index in [0.717, 1.165) is 19.4 Å². The molecule has 1 aliphatic rings. The lowest BCUT2D eigenvalue weighted by atomic mass is 10.1. The zero-order valence-corrected chi connectivity index (χ0v) is 15.9. The summed E-state index contributed by atoms with van der Waals surface area (Å²) in [5.74, 6) is 2.20. The Bertz CT molecular complexity index is 719. The minimum Gasteiger partial charge on any atom is -0.493 e. The van der Waals surface area contributed by atoms with E-state index in [0.29, 0.717) is 35.6 Å². The average molecular weight is 381 g/mol. The van der Waals surface area contributed by atoms with Crippen molar-refractivity contribution in [3.8, 4) is 11.5 Å². The predicted molar refractivity (Wildman–Crippen MR) is 101 cm³/mol. The van der Waals surface area contributed by atoms with Crippen LogP contribution in [0.2, 0.25) is 0 Å². The maximum atomic E-state index is 12.6. The van der Waals surface area contributed by atoms with E-state index in [1.165, 1.54) is 0 Å². The second kappa shape index (κ2) is 9.50. The number of ether oxygens (including phenoxy) is 2. The number of hydrogen-bond donors (Lipinski definition) is 1. The quantitative estimate of drug-likeness (QED) is 0.834. The summed E-state index contributed by atoms with van der Waals surface area (Å²) in [7, 11) is 3.53. The average Bonchev–Trinajstić information content (AvgIpc) is 3.15. The van der Waals surface area contributed by atoms with Crippen molar-refractivity contribution < 1.29 is 18.7 Å². The molecule has 1 N–H and O–H groups in total. The Morgan fingerprint density at radius 2 is 2.04 bits per heavy atom. The van der Waals surface area contributed by atoms with Crippen LogP contribution in [0.3, 0.4) is 0 Å². The topological polar surface area (TPSA) is 63.9 Å². The molecule has 7 heteroatoms. The van der Waals surface area contributed by atoms with Crippen LogP contribution in [0.25, 0.3) is 0 Å². The fourth-order valence-corrected chi connectivity index (χ4v) is 3.01. The summed E-state index contributed by atoms with van der Waals surface area (Å²) in [4.78, 5) is 14.4. The first-order valence-electron chi connectivity index (χ1n) is 8.52. The van der Waals surface area contributed by atoms with E-state index in [4.69, 9.17) is 13.9 Å². The molecule has 1 saturated heterocycles. The number of nitrogens with one attached hydrogen (secondary N) is 1. The van der Waals surface area contributed by atoms with Gasteiger partial charge in [0.1, 0.15) is 12.4 Å². The minimum atomic E-state index is -0.0662. The van der Waals surface area contributed by atoms with Crippen molar-refractivity contribution >= 4 is 18.3 Å². The van der Waals surface area contributed by atoms with E-state index in [9.17, 15) is 4.79 Å². The highest BCUT2D eigenvalue weighted by atomic mass is 35.5. The Hall–Kier alpha value is -2.18. The fourth-order valence-electron chi connectivity index (χ4n) is 3.01. The molecule has 1 aromatic heterocycles. The van der Waals surface area contributed by atoms with Crippen molar-refractivity contribution in [2.24, 2.45) is 0 Å². The van der Waals surface area contributed by atoms with Crippen LogP contribution >= 0.6 is 12.4 Å². The molecule has 0 spiro atoms. The van der Waals surface area contributed by atoms with Crippen molar-refractivity contribution in [1.29, 1.82) is 0 Å². The van der Waals surface area contributed by atoms with Gasteiger partial charge in [-0.05, 0) is 44.2 Å². The molecule has 0 saturated carbocycles. The molecule has 0 aliphatic carbocycles. The number of amides is 1. The van der Waals surface area contributed by atoms with Gasteiger partial charge in [0, 0.05) is 19.1 Å². The van der Waals surface area contributed by atoms with Gasteiger partial charge in [-0.3, -0.25) is 4.79 Å². The lowest BCUT2D eigenvalue weighted by molar-refractivity contribution is 0.0662. The van der Waals surface area contributed by atoms with Gasteiger partial charge in [-0.2, -0.15) is 0 Å². The molecule has 1 aliphatic heterocycles. The SMILES string of the molecule is CNC1CCCN(C(=O)c2ccc(COc3ccccc3OC)o2)C1.Cl. The third kappa shape index (κ3) is 4.71. The number of rotatable bonds is 6. The summed E-state index contributed by atoms with van der Waals surface area (Å²) in [6, 6.07) is 11.3. The van der Waals surface area contributed by atoms with Gasteiger partial charge in [0.25, 0.3) is 5.91 Å². The van der Waals surface area contributed by atoms with Crippen LogP contribution in [0.15, 0.2) is 40.8 Å². The molecule has 1 atom stereocenters. The first kappa shape index (κ1) is 20.1. The van der Waals surface area contributed by atoms with E-state index in [-0.39, 0.29) is 24.9 Å². The maximum absolute atomic E-state index is 12.6. The molecular weight excluding hydrogens is 356 g/mol. The third-order valence-corrected chi connectivity index (χ3v) is 4.43. The summed E-state index contributed by atoms with van der Waals surface area (Å²) >= 11 is 0. The Labute approximate surface area is 159 Å². The van der Waals surface area contributed by atoms with Crippen LogP contribution in [0.5, 0.6) is 11.5 Å². The van der Waals surface area contributed by atoms with E-state index in [1.807, 2.05) is 36.2 Å². The summed E-state index contributed by atoms with van der Waals surface area (Å²) in [5, 5.41) is 3.24. The van der Waals surface area contributed by atoms with Gasteiger partial charge >= 0.3 is 0 Å². The molecule has 0 bridgehead atoms. The molecule has 142 valence electrons. The van der Waals surface area contributed by atoms with Crippen LogP contribution in [0.4, 0.5) is 0 Å². The number of carbonyl (C=O) groups excluding carboxylic acids is 1. The van der Waals surface area contributed by atoms with Crippen LogP contribution in [-0.2, 0) is 6.61 Å². The summed E-state index contributed by atoms with van der Waals surface area (Å²) in [6.07, 6.45) is 2.10. The van der Waals surface area contributed by atoms with Crippen molar-refractivity contribution in [2.45, 2.75) is 25.5 Å². The molecular formula is C19H25ClN2O4.